The number of carbonyl (C=O) groups is 3. The predicted octanol–water partition coefficient (Wildman–Crippen LogP) is 5.90. The predicted molar refractivity (Wildman–Crippen MR) is 144 cm³/mol. The number of nitrogens with two attached hydrogens (primary N) is 1. The molecule has 3 aromatic rings. The lowest BCUT2D eigenvalue weighted by atomic mass is 9.70. The molecule has 1 unspecified atom stereocenters. The van der Waals surface area contributed by atoms with Gasteiger partial charge in [0.25, 0.3) is 0 Å². The van der Waals surface area contributed by atoms with Crippen LogP contribution >= 0.6 is 11.3 Å². The maximum Gasteiger partial charge on any atom is 0.328 e. The molecule has 7 heteroatoms. The maximum absolute atomic E-state index is 12.5. The molecule has 36 heavy (non-hydrogen) atoms. The first-order valence-electron chi connectivity index (χ1n) is 12.2. The van der Waals surface area contributed by atoms with Crippen molar-refractivity contribution in [3.63, 3.8) is 0 Å². The van der Waals surface area contributed by atoms with Crippen LogP contribution in [0.2, 0.25) is 0 Å². The van der Waals surface area contributed by atoms with E-state index in [-0.39, 0.29) is 17.8 Å². The standard InChI is InChI=1S/C29H35NO5S/c1-7-29(8-2,19-11-12-21(17(3)13-19)35-16-24(31)28(4,5)6)20-10-9-18-14-23(36-22(18)15-20)26(32)25(30)27(33)34/h9-15,25H,7-8,16,30H2,1-6H3,(H,33,34). The van der Waals surface area contributed by atoms with Crippen molar-refractivity contribution in [3.05, 3.63) is 64.0 Å². The highest BCUT2D eigenvalue weighted by atomic mass is 32.1. The Bertz CT molecular complexity index is 1300. The number of ether oxygens (including phenoxy) is 1. The topological polar surface area (TPSA) is 107 Å². The number of aliphatic carboxylic acids is 1. The van der Waals surface area contributed by atoms with Gasteiger partial charge in [-0.1, -0.05) is 58.9 Å². The Morgan fingerprint density at radius 1 is 1.00 bits per heavy atom. The zero-order chi connectivity index (χ0) is 26.8. The molecule has 192 valence electrons. The summed E-state index contributed by atoms with van der Waals surface area (Å²) >= 11 is 1.27. The Morgan fingerprint density at radius 3 is 2.17 bits per heavy atom. The lowest BCUT2D eigenvalue weighted by molar-refractivity contribution is -0.137. The number of ketones is 2. The Labute approximate surface area is 216 Å². The Morgan fingerprint density at radius 2 is 1.61 bits per heavy atom. The van der Waals surface area contributed by atoms with E-state index in [1.807, 2.05) is 39.8 Å². The minimum absolute atomic E-state index is 0.0397. The molecule has 0 amide bonds. The van der Waals surface area contributed by atoms with E-state index in [0.717, 1.165) is 39.6 Å². The Kier molecular flexibility index (Phi) is 8.06. The number of rotatable bonds is 10. The summed E-state index contributed by atoms with van der Waals surface area (Å²) in [5.41, 5.74) is 8.08. The van der Waals surface area contributed by atoms with E-state index >= 15 is 0 Å². The normalized spacial score (nSPS) is 13.0. The molecule has 1 atom stereocenters. The van der Waals surface area contributed by atoms with Gasteiger partial charge in [0, 0.05) is 15.5 Å². The van der Waals surface area contributed by atoms with Crippen molar-refractivity contribution in [1.82, 2.24) is 0 Å². The fourth-order valence-electron chi connectivity index (χ4n) is 4.42. The maximum atomic E-state index is 12.5. The lowest BCUT2D eigenvalue weighted by Crippen LogP contribution is -2.38. The molecule has 1 aromatic heterocycles. The van der Waals surface area contributed by atoms with Crippen molar-refractivity contribution < 1.29 is 24.2 Å². The van der Waals surface area contributed by atoms with Crippen molar-refractivity contribution in [2.45, 2.75) is 65.8 Å². The highest BCUT2D eigenvalue weighted by molar-refractivity contribution is 7.20. The molecule has 0 bridgehead atoms. The van der Waals surface area contributed by atoms with E-state index in [4.69, 9.17) is 15.6 Å². The van der Waals surface area contributed by atoms with Crippen molar-refractivity contribution in [1.29, 1.82) is 0 Å². The van der Waals surface area contributed by atoms with Crippen LogP contribution in [0.5, 0.6) is 5.75 Å². The molecule has 3 rings (SSSR count). The first kappa shape index (κ1) is 27.6. The number of benzene rings is 2. The molecule has 3 N–H and O–H groups in total. The number of hydrogen-bond acceptors (Lipinski definition) is 6. The summed E-state index contributed by atoms with van der Waals surface area (Å²) in [5.74, 6) is -1.17. The fraction of sp³-hybridized carbons (Fsp3) is 0.414. The van der Waals surface area contributed by atoms with Gasteiger partial charge >= 0.3 is 5.97 Å². The minimum Gasteiger partial charge on any atom is -0.486 e. The number of carbonyl (C=O) groups excluding carboxylic acids is 2. The number of carboxylic acid groups (broad SMARTS) is 1. The second kappa shape index (κ2) is 10.5. The molecule has 0 aliphatic heterocycles. The lowest BCUT2D eigenvalue weighted by Gasteiger charge is -2.34. The van der Waals surface area contributed by atoms with Crippen molar-refractivity contribution in [2.75, 3.05) is 6.61 Å². The third-order valence-corrected chi connectivity index (χ3v) is 8.11. The molecule has 0 saturated carbocycles. The van der Waals surface area contributed by atoms with Gasteiger partial charge in [0.15, 0.2) is 11.8 Å². The first-order chi connectivity index (χ1) is 16.8. The van der Waals surface area contributed by atoms with E-state index in [9.17, 15) is 14.4 Å². The van der Waals surface area contributed by atoms with Crippen molar-refractivity contribution in [3.8, 4) is 5.75 Å². The average Bonchev–Trinajstić information content (AvgIpc) is 3.26. The number of carboxylic acids is 1. The molecule has 0 radical (unpaired) electrons. The van der Waals surface area contributed by atoms with Crippen LogP contribution in [-0.2, 0) is 15.0 Å². The number of fused-ring (bicyclic) bond motifs is 1. The monoisotopic (exact) mass is 509 g/mol. The van der Waals surface area contributed by atoms with E-state index in [0.29, 0.717) is 10.6 Å². The molecule has 0 aliphatic rings. The van der Waals surface area contributed by atoms with Gasteiger partial charge in [0.05, 0.1) is 4.88 Å². The average molecular weight is 510 g/mol. The Hall–Kier alpha value is -3.03. The summed E-state index contributed by atoms with van der Waals surface area (Å²) in [6, 6.07) is 12.4. The van der Waals surface area contributed by atoms with Crippen LogP contribution in [0.25, 0.3) is 10.1 Å². The van der Waals surface area contributed by atoms with Gasteiger partial charge in [-0.15, -0.1) is 11.3 Å². The van der Waals surface area contributed by atoms with Gasteiger partial charge in [-0.3, -0.25) is 14.4 Å². The molecule has 1 heterocycles. The van der Waals surface area contributed by atoms with E-state index in [1.165, 1.54) is 11.3 Å². The number of aryl methyl sites for hydroxylation is 1. The van der Waals surface area contributed by atoms with Crippen LogP contribution in [0.4, 0.5) is 0 Å². The second-order valence-electron chi connectivity index (χ2n) is 10.3. The van der Waals surface area contributed by atoms with Crippen molar-refractivity contribution in [2.24, 2.45) is 11.1 Å². The quantitative estimate of drug-likeness (QED) is 0.260. The summed E-state index contributed by atoms with van der Waals surface area (Å²) in [5, 5.41) is 9.98. The second-order valence-corrected chi connectivity index (χ2v) is 11.4. The number of hydrogen-bond donors (Lipinski definition) is 2. The van der Waals surface area contributed by atoms with Gasteiger partial charge in [-0.25, -0.2) is 0 Å². The smallest absolute Gasteiger partial charge is 0.328 e. The number of Topliss-reactive ketones (excluding diaryl/α,β-unsaturated/α-hetero) is 2. The molecule has 0 spiro atoms. The zero-order valence-corrected chi connectivity index (χ0v) is 22.6. The van der Waals surface area contributed by atoms with Gasteiger partial charge in [-0.05, 0) is 60.0 Å². The largest absolute Gasteiger partial charge is 0.486 e. The van der Waals surface area contributed by atoms with Gasteiger partial charge in [-0.2, -0.15) is 0 Å². The Balaban J connectivity index is 1.96. The van der Waals surface area contributed by atoms with Crippen molar-refractivity contribution >= 4 is 39.0 Å². The molecule has 0 saturated heterocycles. The molecular formula is C29H35NO5S. The summed E-state index contributed by atoms with van der Waals surface area (Å²) in [6.45, 7) is 12.0. The van der Waals surface area contributed by atoms with E-state index in [1.54, 1.807) is 6.07 Å². The third-order valence-electron chi connectivity index (χ3n) is 6.99. The fourth-order valence-corrected chi connectivity index (χ4v) is 5.50. The highest BCUT2D eigenvalue weighted by Crippen LogP contribution is 2.42. The van der Waals surface area contributed by atoms with Crippen LogP contribution in [-0.4, -0.2) is 35.3 Å². The van der Waals surface area contributed by atoms with Crippen LogP contribution in [0.1, 0.15) is 73.8 Å². The third kappa shape index (κ3) is 5.37. The summed E-state index contributed by atoms with van der Waals surface area (Å²) in [4.78, 5) is 36.3. The van der Waals surface area contributed by atoms with Gasteiger partial charge < -0.3 is 15.6 Å². The number of thiophene rings is 1. The summed E-state index contributed by atoms with van der Waals surface area (Å²) < 4.78 is 6.77. The van der Waals surface area contributed by atoms with Gasteiger partial charge in [0.2, 0.25) is 5.78 Å². The molecule has 0 fully saturated rings. The molecule has 6 nitrogen and oxygen atoms in total. The van der Waals surface area contributed by atoms with E-state index in [2.05, 4.69) is 38.1 Å². The van der Waals surface area contributed by atoms with Crippen LogP contribution < -0.4 is 10.5 Å². The molecule has 2 aromatic carbocycles. The molecule has 0 aliphatic carbocycles. The summed E-state index contributed by atoms with van der Waals surface area (Å²) in [7, 11) is 0. The highest BCUT2D eigenvalue weighted by Gasteiger charge is 2.32. The molecular weight excluding hydrogens is 474 g/mol. The van der Waals surface area contributed by atoms with Crippen LogP contribution in [0.3, 0.4) is 0 Å². The van der Waals surface area contributed by atoms with Crippen LogP contribution in [0, 0.1) is 12.3 Å². The van der Waals surface area contributed by atoms with Gasteiger partial charge in [0.1, 0.15) is 12.4 Å². The minimum atomic E-state index is -1.56. The first-order valence-corrected chi connectivity index (χ1v) is 13.0. The SMILES string of the molecule is CCC(CC)(c1ccc(OCC(=O)C(C)(C)C)c(C)c1)c1ccc2cc(C(=O)C(N)C(=O)O)sc2c1. The van der Waals surface area contributed by atoms with E-state index < -0.39 is 23.2 Å². The summed E-state index contributed by atoms with van der Waals surface area (Å²) in [6.07, 6.45) is 1.72. The van der Waals surface area contributed by atoms with Crippen LogP contribution in [0.15, 0.2) is 42.5 Å². The zero-order valence-electron chi connectivity index (χ0n) is 21.8.